The van der Waals surface area contributed by atoms with Crippen molar-refractivity contribution in [2.24, 2.45) is 0 Å². The summed E-state index contributed by atoms with van der Waals surface area (Å²) in [7, 11) is -4.06. The minimum absolute atomic E-state index is 0.178. The third-order valence-electron chi connectivity index (χ3n) is 0.672. The van der Waals surface area contributed by atoms with Crippen LogP contribution in [0.1, 0.15) is 5.89 Å². The smallest absolute Gasteiger partial charge is 0.305 e. The molecule has 0 aliphatic carbocycles. The van der Waals surface area contributed by atoms with Crippen molar-refractivity contribution in [1.29, 1.82) is 0 Å². The first kappa shape index (κ1) is 7.16. The molecule has 7 heteroatoms. The lowest BCUT2D eigenvalue weighted by Gasteiger charge is -1.86. The van der Waals surface area contributed by atoms with Gasteiger partial charge in [0.05, 0.1) is 0 Å². The Kier molecular flexibility index (Phi) is 1.68. The van der Waals surface area contributed by atoms with Crippen LogP contribution >= 0.6 is 0 Å². The molecule has 6 nitrogen and oxygen atoms in total. The van der Waals surface area contributed by atoms with E-state index in [1.807, 2.05) is 6.39 Å². The minimum Gasteiger partial charge on any atom is -0.416 e. The summed E-state index contributed by atoms with van der Waals surface area (Å²) >= 11 is 0. The molecule has 0 aliphatic heterocycles. The van der Waals surface area contributed by atoms with Crippen LogP contribution in [0.2, 0.25) is 0 Å². The van der Waals surface area contributed by atoms with E-state index in [-0.39, 0.29) is 5.89 Å². The first-order valence-electron chi connectivity index (χ1n) is 2.21. The van der Waals surface area contributed by atoms with Crippen LogP contribution in [0.4, 0.5) is 0 Å². The van der Waals surface area contributed by atoms with Crippen LogP contribution in [-0.2, 0) is 15.9 Å². The molecule has 1 aromatic heterocycles. The van der Waals surface area contributed by atoms with Gasteiger partial charge in [-0.05, 0) is 0 Å². The molecule has 10 heavy (non-hydrogen) atoms. The van der Waals surface area contributed by atoms with Crippen molar-refractivity contribution in [3.8, 4) is 0 Å². The number of hydrogen-bond donors (Lipinski definition) is 1. The highest BCUT2D eigenvalue weighted by atomic mass is 32.2. The summed E-state index contributed by atoms with van der Waals surface area (Å²) in [5, 5.41) is 6.28. The van der Waals surface area contributed by atoms with E-state index in [1.54, 1.807) is 0 Å². The molecule has 0 aliphatic rings. The Balaban J connectivity index is 2.75. The second-order valence-corrected chi connectivity index (χ2v) is 2.97. The lowest BCUT2D eigenvalue weighted by molar-refractivity contribution is 0.459. The van der Waals surface area contributed by atoms with Gasteiger partial charge in [0.1, 0.15) is 0 Å². The maximum Gasteiger partial charge on any atom is 0.305 e. The second-order valence-electron chi connectivity index (χ2n) is 1.51. The Morgan fingerprint density at radius 3 is 2.80 bits per heavy atom. The third-order valence-corrected chi connectivity index (χ3v) is 1.28. The number of hydrogen-bond acceptors (Lipinski definition) is 5. The molecular formula is C3H3N2O4S. The molecule has 0 unspecified atom stereocenters. The van der Waals surface area contributed by atoms with Gasteiger partial charge in [0.15, 0.2) is 5.75 Å². The topological polar surface area (TPSA) is 93.3 Å². The average Bonchev–Trinajstić information content (AvgIpc) is 2.12. The Hall–Kier alpha value is -0.950. The summed E-state index contributed by atoms with van der Waals surface area (Å²) in [4.78, 5) is 0. The highest BCUT2D eigenvalue weighted by Crippen LogP contribution is 1.97. The zero-order chi connectivity index (χ0) is 7.61. The van der Waals surface area contributed by atoms with E-state index in [0.29, 0.717) is 0 Å². The van der Waals surface area contributed by atoms with Gasteiger partial charge in [-0.2, -0.15) is 8.42 Å². The lowest BCUT2D eigenvalue weighted by atomic mass is 10.8. The standard InChI is InChI=1S/C3H3N2O4S/c6-10(7,8)1-3-5-4-2-9-3/h1H2,(H,6,7,8). The molecule has 0 atom stereocenters. The molecule has 1 heterocycles. The van der Waals surface area contributed by atoms with E-state index >= 15 is 0 Å². The molecule has 0 spiro atoms. The summed E-state index contributed by atoms with van der Waals surface area (Å²) < 4.78 is 32.8. The normalized spacial score (nSPS) is 11.7. The second kappa shape index (κ2) is 2.35. The van der Waals surface area contributed by atoms with Crippen molar-refractivity contribution in [1.82, 2.24) is 10.2 Å². The highest BCUT2D eigenvalue weighted by molar-refractivity contribution is 7.84. The van der Waals surface area contributed by atoms with Gasteiger partial charge in [-0.25, -0.2) is 0 Å². The van der Waals surface area contributed by atoms with Crippen LogP contribution in [-0.4, -0.2) is 23.2 Å². The summed E-state index contributed by atoms with van der Waals surface area (Å²) in [5.41, 5.74) is 0. The van der Waals surface area contributed by atoms with Gasteiger partial charge in [0.2, 0.25) is 5.89 Å². The fourth-order valence-corrected chi connectivity index (χ4v) is 0.813. The molecule has 1 radical (unpaired) electrons. The molecule has 1 rings (SSSR count). The summed E-state index contributed by atoms with van der Waals surface area (Å²) in [6, 6.07) is 0. The number of aromatic nitrogens is 2. The van der Waals surface area contributed by atoms with E-state index < -0.39 is 15.9 Å². The van der Waals surface area contributed by atoms with E-state index in [4.69, 9.17) is 4.55 Å². The Morgan fingerprint density at radius 2 is 2.40 bits per heavy atom. The molecule has 55 valence electrons. The quantitative estimate of drug-likeness (QED) is 0.577. The molecule has 0 bridgehead atoms. The first-order valence-corrected chi connectivity index (χ1v) is 3.82. The van der Waals surface area contributed by atoms with Crippen LogP contribution in [0, 0.1) is 6.39 Å². The fraction of sp³-hybridized carbons (Fsp3) is 0.333. The van der Waals surface area contributed by atoms with Gasteiger partial charge >= 0.3 is 6.39 Å². The van der Waals surface area contributed by atoms with Crippen LogP contribution in [0.15, 0.2) is 4.42 Å². The van der Waals surface area contributed by atoms with Gasteiger partial charge in [-0.1, -0.05) is 0 Å². The van der Waals surface area contributed by atoms with Crippen molar-refractivity contribution in [2.45, 2.75) is 5.75 Å². The minimum atomic E-state index is -4.06. The van der Waals surface area contributed by atoms with Gasteiger partial charge in [-0.3, -0.25) is 4.55 Å². The van der Waals surface area contributed by atoms with Crippen molar-refractivity contribution in [3.63, 3.8) is 0 Å². The van der Waals surface area contributed by atoms with E-state index in [9.17, 15) is 8.42 Å². The maximum atomic E-state index is 10.1. The van der Waals surface area contributed by atoms with Gasteiger partial charge in [0, 0.05) is 0 Å². The first-order chi connectivity index (χ1) is 4.58. The highest BCUT2D eigenvalue weighted by Gasteiger charge is 2.10. The summed E-state index contributed by atoms with van der Waals surface area (Å²) in [5.74, 6) is -0.841. The molecule has 0 amide bonds. The van der Waals surface area contributed by atoms with Crippen LogP contribution in [0.5, 0.6) is 0 Å². The predicted molar refractivity (Wildman–Crippen MR) is 28.4 cm³/mol. The van der Waals surface area contributed by atoms with E-state index in [0.717, 1.165) is 0 Å². The molecule has 1 N–H and O–H groups in total. The zero-order valence-electron chi connectivity index (χ0n) is 4.68. The third kappa shape index (κ3) is 2.11. The largest absolute Gasteiger partial charge is 0.416 e. The van der Waals surface area contributed by atoms with Gasteiger partial charge < -0.3 is 4.42 Å². The van der Waals surface area contributed by atoms with Crippen LogP contribution in [0.3, 0.4) is 0 Å². The Bertz CT molecular complexity index is 288. The maximum absolute atomic E-state index is 10.1. The zero-order valence-corrected chi connectivity index (χ0v) is 5.50. The average molecular weight is 163 g/mol. The molecule has 0 fully saturated rings. The Labute approximate surface area is 56.6 Å². The van der Waals surface area contributed by atoms with E-state index in [1.165, 1.54) is 0 Å². The van der Waals surface area contributed by atoms with Crippen molar-refractivity contribution >= 4 is 10.1 Å². The monoisotopic (exact) mass is 163 g/mol. The van der Waals surface area contributed by atoms with Crippen LogP contribution in [0.25, 0.3) is 0 Å². The fourth-order valence-electron chi connectivity index (χ4n) is 0.384. The molecule has 0 aromatic carbocycles. The van der Waals surface area contributed by atoms with Crippen molar-refractivity contribution in [2.75, 3.05) is 0 Å². The molecule has 1 aromatic rings. The number of nitrogens with zero attached hydrogens (tertiary/aromatic N) is 2. The SMILES string of the molecule is O=S(=O)(O)Cc1nn[c]o1. The number of rotatable bonds is 2. The van der Waals surface area contributed by atoms with Gasteiger partial charge in [-0.15, -0.1) is 10.2 Å². The summed E-state index contributed by atoms with van der Waals surface area (Å²) in [6.07, 6.45) is 1.94. The molecule has 0 saturated carbocycles. The van der Waals surface area contributed by atoms with Crippen molar-refractivity contribution < 1.29 is 17.4 Å². The van der Waals surface area contributed by atoms with E-state index in [2.05, 4.69) is 14.6 Å². The lowest BCUT2D eigenvalue weighted by Crippen LogP contribution is -2.01. The van der Waals surface area contributed by atoms with Gasteiger partial charge in [0.25, 0.3) is 10.1 Å². The molecule has 0 saturated heterocycles. The Morgan fingerprint density at radius 1 is 1.70 bits per heavy atom. The van der Waals surface area contributed by atoms with Crippen molar-refractivity contribution in [3.05, 3.63) is 12.3 Å². The predicted octanol–water partition coefficient (Wildman–Crippen LogP) is -0.742. The molecular weight excluding hydrogens is 160 g/mol. The van der Waals surface area contributed by atoms with Crippen LogP contribution < -0.4 is 0 Å². The summed E-state index contributed by atoms with van der Waals surface area (Å²) in [6.45, 7) is 0.